The zero-order valence-corrected chi connectivity index (χ0v) is 17.8. The van der Waals surface area contributed by atoms with Gasteiger partial charge >= 0.3 is 0 Å². The van der Waals surface area contributed by atoms with Crippen LogP contribution in [0.5, 0.6) is 5.75 Å². The molecular formula is C24H30N3O3+. The Kier molecular flexibility index (Phi) is 6.04. The number of nitrogens with one attached hydrogen (secondary N) is 1. The smallest absolute Gasteiger partial charge is 0.228 e. The number of nitrogens with zero attached hydrogens (tertiary/aromatic N) is 2. The van der Waals surface area contributed by atoms with E-state index in [1.165, 1.54) is 10.5 Å². The van der Waals surface area contributed by atoms with Crippen molar-refractivity contribution < 1.29 is 19.2 Å². The molecule has 0 aromatic heterocycles. The third-order valence-electron chi connectivity index (χ3n) is 6.22. The summed E-state index contributed by atoms with van der Waals surface area (Å²) < 4.78 is 5.22. The first-order valence-corrected chi connectivity index (χ1v) is 10.7. The Balaban J connectivity index is 1.29. The molecule has 2 aliphatic rings. The second-order valence-electron chi connectivity index (χ2n) is 8.34. The number of hydrogen-bond donors (Lipinski definition) is 1. The molecule has 0 saturated carbocycles. The summed E-state index contributed by atoms with van der Waals surface area (Å²) >= 11 is 0. The number of quaternary nitrogens is 1. The highest BCUT2D eigenvalue weighted by Gasteiger charge is 2.38. The first kappa shape index (κ1) is 20.4. The number of ether oxygens (including phenoxy) is 1. The lowest BCUT2D eigenvalue weighted by Gasteiger charge is -2.33. The number of anilines is 1. The Bertz CT molecular complexity index is 887. The van der Waals surface area contributed by atoms with Crippen LogP contribution in [0.25, 0.3) is 0 Å². The third kappa shape index (κ3) is 4.49. The molecule has 30 heavy (non-hydrogen) atoms. The fraction of sp³-hybridized carbons (Fsp3) is 0.417. The van der Waals surface area contributed by atoms with Crippen molar-refractivity contribution in [2.24, 2.45) is 5.92 Å². The molecule has 6 nitrogen and oxygen atoms in total. The Hall–Kier alpha value is -2.86. The number of rotatable bonds is 5. The maximum Gasteiger partial charge on any atom is 0.228 e. The fourth-order valence-electron chi connectivity index (χ4n) is 4.36. The van der Waals surface area contributed by atoms with Gasteiger partial charge in [-0.25, -0.2) is 0 Å². The molecule has 2 heterocycles. The van der Waals surface area contributed by atoms with Gasteiger partial charge in [-0.15, -0.1) is 0 Å². The first-order valence-electron chi connectivity index (χ1n) is 10.7. The molecule has 0 spiro atoms. The Morgan fingerprint density at radius 2 is 1.73 bits per heavy atom. The van der Waals surface area contributed by atoms with Gasteiger partial charge in [-0.05, 0) is 43.3 Å². The van der Waals surface area contributed by atoms with Gasteiger partial charge < -0.3 is 19.4 Å². The molecule has 158 valence electrons. The zero-order chi connectivity index (χ0) is 21.1. The lowest BCUT2D eigenvalue weighted by molar-refractivity contribution is -0.917. The van der Waals surface area contributed by atoms with E-state index in [0.717, 1.165) is 49.7 Å². The van der Waals surface area contributed by atoms with Crippen molar-refractivity contribution in [1.29, 1.82) is 0 Å². The summed E-state index contributed by atoms with van der Waals surface area (Å²) in [6.45, 7) is 6.83. The molecule has 2 aromatic rings. The number of methoxy groups -OCH3 is 1. The van der Waals surface area contributed by atoms with Crippen LogP contribution in [0, 0.1) is 12.8 Å². The number of hydrogen-bond acceptors (Lipinski definition) is 3. The molecule has 0 radical (unpaired) electrons. The van der Waals surface area contributed by atoms with Gasteiger partial charge in [0, 0.05) is 24.2 Å². The molecule has 0 bridgehead atoms. The quantitative estimate of drug-likeness (QED) is 0.811. The summed E-state index contributed by atoms with van der Waals surface area (Å²) in [5, 5.41) is 0. The minimum atomic E-state index is -0.234. The van der Waals surface area contributed by atoms with Gasteiger partial charge in [0.2, 0.25) is 11.8 Å². The van der Waals surface area contributed by atoms with Crippen LogP contribution in [-0.4, -0.2) is 56.5 Å². The van der Waals surface area contributed by atoms with Crippen LogP contribution in [0.2, 0.25) is 0 Å². The highest BCUT2D eigenvalue weighted by atomic mass is 16.5. The minimum absolute atomic E-state index is 0.0426. The van der Waals surface area contributed by atoms with Crippen LogP contribution in [0.3, 0.4) is 0 Å². The van der Waals surface area contributed by atoms with Crippen molar-refractivity contribution in [3.8, 4) is 5.75 Å². The molecule has 2 aliphatic heterocycles. The van der Waals surface area contributed by atoms with Crippen LogP contribution < -0.4 is 14.5 Å². The van der Waals surface area contributed by atoms with Gasteiger partial charge in [-0.2, -0.15) is 0 Å². The molecule has 0 unspecified atom stereocenters. The lowest BCUT2D eigenvalue weighted by Crippen LogP contribution is -3.13. The standard InChI is InChI=1S/C24H29N3O3/c1-18-3-7-21(8-4-18)27-17-20(15-23(27)28)24(29)26-13-11-25(12-14-26)16-19-5-9-22(30-2)10-6-19/h3-10,20H,11-17H2,1-2H3/p+1/t20-/m0/s1. The molecule has 0 aliphatic carbocycles. The lowest BCUT2D eigenvalue weighted by atomic mass is 10.1. The van der Waals surface area contributed by atoms with Crippen molar-refractivity contribution in [2.75, 3.05) is 44.7 Å². The van der Waals surface area contributed by atoms with E-state index in [1.807, 2.05) is 48.2 Å². The molecular weight excluding hydrogens is 378 g/mol. The largest absolute Gasteiger partial charge is 0.497 e. The molecule has 6 heteroatoms. The highest BCUT2D eigenvalue weighted by molar-refractivity contribution is 6.00. The summed E-state index contributed by atoms with van der Waals surface area (Å²) in [6.07, 6.45) is 0.311. The number of carbonyl (C=O) groups is 2. The Morgan fingerprint density at radius 3 is 2.37 bits per heavy atom. The summed E-state index contributed by atoms with van der Waals surface area (Å²) in [6, 6.07) is 16.1. The van der Waals surface area contributed by atoms with Crippen molar-refractivity contribution in [1.82, 2.24) is 4.90 Å². The Morgan fingerprint density at radius 1 is 1.07 bits per heavy atom. The summed E-state index contributed by atoms with van der Waals surface area (Å²) in [4.78, 5) is 30.7. The van der Waals surface area contributed by atoms with E-state index >= 15 is 0 Å². The van der Waals surface area contributed by atoms with Gasteiger partial charge in [0.05, 0.1) is 39.2 Å². The monoisotopic (exact) mass is 408 g/mol. The third-order valence-corrected chi connectivity index (χ3v) is 6.22. The summed E-state index contributed by atoms with van der Waals surface area (Å²) in [5.41, 5.74) is 3.32. The average molecular weight is 409 g/mol. The van der Waals surface area contributed by atoms with Gasteiger partial charge in [-0.1, -0.05) is 17.7 Å². The predicted octanol–water partition coefficient (Wildman–Crippen LogP) is 1.28. The van der Waals surface area contributed by atoms with Gasteiger partial charge in [0.1, 0.15) is 12.3 Å². The fourth-order valence-corrected chi connectivity index (χ4v) is 4.36. The van der Waals surface area contributed by atoms with Gasteiger partial charge in [0.25, 0.3) is 0 Å². The van der Waals surface area contributed by atoms with Crippen molar-refractivity contribution in [2.45, 2.75) is 19.9 Å². The Labute approximate surface area is 178 Å². The topological polar surface area (TPSA) is 54.3 Å². The second-order valence-corrected chi connectivity index (χ2v) is 8.34. The van der Waals surface area contributed by atoms with Crippen molar-refractivity contribution >= 4 is 17.5 Å². The predicted molar refractivity (Wildman–Crippen MR) is 116 cm³/mol. The maximum absolute atomic E-state index is 13.0. The molecule has 2 fully saturated rings. The van der Waals surface area contributed by atoms with E-state index < -0.39 is 0 Å². The van der Waals surface area contributed by atoms with Crippen molar-refractivity contribution in [3.63, 3.8) is 0 Å². The second kappa shape index (κ2) is 8.88. The van der Waals surface area contributed by atoms with E-state index in [2.05, 4.69) is 12.1 Å². The molecule has 1 atom stereocenters. The number of aryl methyl sites for hydroxylation is 1. The molecule has 1 N–H and O–H groups in total. The van der Waals surface area contributed by atoms with E-state index in [0.29, 0.717) is 13.0 Å². The number of amides is 2. The highest BCUT2D eigenvalue weighted by Crippen LogP contribution is 2.26. The van der Waals surface area contributed by atoms with E-state index in [-0.39, 0.29) is 17.7 Å². The molecule has 2 aromatic carbocycles. The SMILES string of the molecule is COc1ccc(C[NH+]2CCN(C(=O)[C@H]3CC(=O)N(c4ccc(C)cc4)C3)CC2)cc1. The van der Waals surface area contributed by atoms with E-state index in [1.54, 1.807) is 12.0 Å². The van der Waals surface area contributed by atoms with Crippen LogP contribution in [0.15, 0.2) is 48.5 Å². The molecule has 2 amide bonds. The van der Waals surface area contributed by atoms with Gasteiger partial charge in [0.15, 0.2) is 0 Å². The average Bonchev–Trinajstić information content (AvgIpc) is 3.16. The maximum atomic E-state index is 13.0. The van der Waals surface area contributed by atoms with Gasteiger partial charge in [-0.3, -0.25) is 9.59 Å². The zero-order valence-electron chi connectivity index (χ0n) is 17.8. The van der Waals surface area contributed by atoms with Crippen molar-refractivity contribution in [3.05, 3.63) is 59.7 Å². The molecule has 2 saturated heterocycles. The number of carbonyl (C=O) groups excluding carboxylic acids is 2. The summed E-state index contributed by atoms with van der Waals surface area (Å²) in [5.74, 6) is 0.805. The minimum Gasteiger partial charge on any atom is -0.497 e. The molecule has 4 rings (SSSR count). The normalized spacial score (nSPS) is 19.9. The first-order chi connectivity index (χ1) is 14.5. The number of piperazine rings is 1. The van der Waals surface area contributed by atoms with Crippen LogP contribution in [0.4, 0.5) is 5.69 Å². The van der Waals surface area contributed by atoms with E-state index in [9.17, 15) is 9.59 Å². The van der Waals surface area contributed by atoms with Crippen LogP contribution in [-0.2, 0) is 16.1 Å². The van der Waals surface area contributed by atoms with E-state index in [4.69, 9.17) is 4.74 Å². The van der Waals surface area contributed by atoms with Crippen LogP contribution in [0.1, 0.15) is 17.5 Å². The van der Waals surface area contributed by atoms with Crippen LogP contribution >= 0.6 is 0 Å². The number of benzene rings is 2. The summed E-state index contributed by atoms with van der Waals surface area (Å²) in [7, 11) is 1.68.